The van der Waals surface area contributed by atoms with Crippen molar-refractivity contribution in [1.82, 2.24) is 9.47 Å². The molecule has 1 aliphatic heterocycles. The molecule has 0 unspecified atom stereocenters. The number of para-hydroxylation sites is 1. The first-order valence-corrected chi connectivity index (χ1v) is 7.03. The van der Waals surface area contributed by atoms with E-state index in [1.165, 1.54) is 6.42 Å². The zero-order valence-corrected chi connectivity index (χ0v) is 11.6. The van der Waals surface area contributed by atoms with Crippen LogP contribution in [0, 0.1) is 6.92 Å². The Labute approximate surface area is 113 Å². The molecular weight excluding hydrogens is 236 g/mol. The summed E-state index contributed by atoms with van der Waals surface area (Å²) in [7, 11) is 2.03. The lowest BCUT2D eigenvalue weighted by molar-refractivity contribution is 0.0725. The predicted molar refractivity (Wildman–Crippen MR) is 77.4 cm³/mol. The third kappa shape index (κ3) is 1.93. The first-order chi connectivity index (χ1) is 9.20. The van der Waals surface area contributed by atoms with E-state index in [0.29, 0.717) is 0 Å². The third-order valence-corrected chi connectivity index (χ3v) is 4.26. The average molecular weight is 256 g/mol. The van der Waals surface area contributed by atoms with Crippen LogP contribution in [-0.4, -0.2) is 28.5 Å². The summed E-state index contributed by atoms with van der Waals surface area (Å²) in [6, 6.07) is 8.17. The molecule has 0 atom stereocenters. The topological polar surface area (TPSA) is 25.2 Å². The largest absolute Gasteiger partial charge is 0.347 e. The maximum Gasteiger partial charge on any atom is 0.256 e. The molecule has 19 heavy (non-hydrogen) atoms. The number of carbonyl (C=O) groups excluding carboxylic acids is 1. The number of aromatic nitrogens is 1. The Morgan fingerprint density at radius 3 is 2.53 bits per heavy atom. The summed E-state index contributed by atoms with van der Waals surface area (Å²) in [4.78, 5) is 14.8. The quantitative estimate of drug-likeness (QED) is 0.769. The van der Waals surface area contributed by atoms with Crippen molar-refractivity contribution in [2.45, 2.75) is 26.2 Å². The Kier molecular flexibility index (Phi) is 3.05. The van der Waals surface area contributed by atoms with Crippen LogP contribution >= 0.6 is 0 Å². The maximum absolute atomic E-state index is 12.8. The van der Waals surface area contributed by atoms with Gasteiger partial charge < -0.3 is 9.47 Å². The van der Waals surface area contributed by atoms with Gasteiger partial charge in [-0.2, -0.15) is 0 Å². The number of piperidine rings is 1. The van der Waals surface area contributed by atoms with Gasteiger partial charge in [-0.3, -0.25) is 4.79 Å². The molecule has 100 valence electrons. The first kappa shape index (κ1) is 12.3. The molecule has 0 radical (unpaired) electrons. The van der Waals surface area contributed by atoms with Gasteiger partial charge in [-0.1, -0.05) is 18.2 Å². The number of hydrogen-bond acceptors (Lipinski definition) is 1. The zero-order chi connectivity index (χ0) is 13.4. The minimum Gasteiger partial charge on any atom is -0.347 e. The number of rotatable bonds is 1. The highest BCUT2D eigenvalue weighted by atomic mass is 16.2. The fourth-order valence-corrected chi connectivity index (χ4v) is 3.05. The molecule has 1 amide bonds. The lowest BCUT2D eigenvalue weighted by Crippen LogP contribution is -2.35. The van der Waals surface area contributed by atoms with Crippen LogP contribution in [0.2, 0.25) is 0 Å². The molecule has 1 fully saturated rings. The van der Waals surface area contributed by atoms with E-state index in [0.717, 1.165) is 48.1 Å². The van der Waals surface area contributed by atoms with Crippen LogP contribution in [0.3, 0.4) is 0 Å². The van der Waals surface area contributed by atoms with Crippen molar-refractivity contribution in [2.24, 2.45) is 7.05 Å². The Bertz CT molecular complexity index is 621. The fourth-order valence-electron chi connectivity index (χ4n) is 3.05. The molecule has 2 aromatic rings. The normalized spacial score (nSPS) is 16.0. The average Bonchev–Trinajstić information content (AvgIpc) is 2.72. The highest BCUT2D eigenvalue weighted by Gasteiger charge is 2.24. The van der Waals surface area contributed by atoms with Crippen LogP contribution in [0.4, 0.5) is 0 Å². The molecule has 1 aromatic carbocycles. The molecule has 2 heterocycles. The second-order valence-corrected chi connectivity index (χ2v) is 5.39. The van der Waals surface area contributed by atoms with E-state index >= 15 is 0 Å². The van der Waals surface area contributed by atoms with Gasteiger partial charge in [0.15, 0.2) is 0 Å². The Morgan fingerprint density at radius 1 is 1.11 bits per heavy atom. The lowest BCUT2D eigenvalue weighted by atomic mass is 10.1. The van der Waals surface area contributed by atoms with E-state index in [1.807, 2.05) is 31.0 Å². The van der Waals surface area contributed by atoms with Crippen LogP contribution in [-0.2, 0) is 7.05 Å². The summed E-state index contributed by atoms with van der Waals surface area (Å²) in [5, 5.41) is 1.08. The summed E-state index contributed by atoms with van der Waals surface area (Å²) in [5.41, 5.74) is 3.09. The molecule has 1 saturated heterocycles. The van der Waals surface area contributed by atoms with Crippen molar-refractivity contribution in [3.05, 3.63) is 35.5 Å². The number of carbonyl (C=O) groups is 1. The van der Waals surface area contributed by atoms with Crippen molar-refractivity contribution in [3.63, 3.8) is 0 Å². The van der Waals surface area contributed by atoms with Crippen molar-refractivity contribution < 1.29 is 4.79 Å². The molecule has 0 bridgehead atoms. The molecule has 3 heteroatoms. The van der Waals surface area contributed by atoms with Crippen molar-refractivity contribution in [2.75, 3.05) is 13.1 Å². The Balaban J connectivity index is 2.09. The number of benzene rings is 1. The first-order valence-electron chi connectivity index (χ1n) is 7.03. The fraction of sp³-hybridized carbons (Fsp3) is 0.438. The molecule has 0 saturated carbocycles. The van der Waals surface area contributed by atoms with Gasteiger partial charge in [-0.05, 0) is 32.3 Å². The van der Waals surface area contributed by atoms with Gasteiger partial charge in [-0.15, -0.1) is 0 Å². The number of aryl methyl sites for hydroxylation is 1. The molecule has 0 N–H and O–H groups in total. The molecule has 1 aliphatic rings. The smallest absolute Gasteiger partial charge is 0.256 e. The number of hydrogen-bond donors (Lipinski definition) is 0. The van der Waals surface area contributed by atoms with Gasteiger partial charge in [0.2, 0.25) is 0 Å². The summed E-state index contributed by atoms with van der Waals surface area (Å²) in [6.45, 7) is 3.85. The number of amides is 1. The molecule has 3 rings (SSSR count). The van der Waals surface area contributed by atoms with E-state index < -0.39 is 0 Å². The molecule has 1 aromatic heterocycles. The second kappa shape index (κ2) is 4.72. The lowest BCUT2D eigenvalue weighted by Gasteiger charge is -2.26. The summed E-state index contributed by atoms with van der Waals surface area (Å²) < 4.78 is 2.12. The Morgan fingerprint density at radius 2 is 1.79 bits per heavy atom. The van der Waals surface area contributed by atoms with Crippen LogP contribution in [0.25, 0.3) is 10.9 Å². The van der Waals surface area contributed by atoms with E-state index in [9.17, 15) is 4.79 Å². The van der Waals surface area contributed by atoms with Crippen LogP contribution in [0.5, 0.6) is 0 Å². The summed E-state index contributed by atoms with van der Waals surface area (Å²) >= 11 is 0. The van der Waals surface area contributed by atoms with Gasteiger partial charge in [0.1, 0.15) is 0 Å². The van der Waals surface area contributed by atoms with Gasteiger partial charge in [0.05, 0.1) is 5.56 Å². The van der Waals surface area contributed by atoms with Crippen LogP contribution in [0.15, 0.2) is 24.3 Å². The van der Waals surface area contributed by atoms with E-state index in [1.54, 1.807) is 0 Å². The van der Waals surface area contributed by atoms with Gasteiger partial charge in [0, 0.05) is 36.7 Å². The van der Waals surface area contributed by atoms with Gasteiger partial charge in [0.25, 0.3) is 5.91 Å². The molecular formula is C16H20N2O. The SMILES string of the molecule is Cc1c(C(=O)N2CCCCC2)c2ccccc2n1C. The second-order valence-electron chi connectivity index (χ2n) is 5.39. The Hall–Kier alpha value is -1.77. The van der Waals surface area contributed by atoms with Crippen LogP contribution in [0.1, 0.15) is 35.3 Å². The molecule has 0 aliphatic carbocycles. The monoisotopic (exact) mass is 256 g/mol. The minimum atomic E-state index is 0.203. The number of likely N-dealkylation sites (tertiary alicyclic amines) is 1. The standard InChI is InChI=1S/C16H20N2O/c1-12-15(16(19)18-10-6-3-7-11-18)13-8-4-5-9-14(13)17(12)2/h4-5,8-9H,3,6-7,10-11H2,1-2H3. The van der Waals surface area contributed by atoms with Gasteiger partial charge >= 0.3 is 0 Å². The van der Waals surface area contributed by atoms with Gasteiger partial charge in [-0.25, -0.2) is 0 Å². The zero-order valence-electron chi connectivity index (χ0n) is 11.6. The number of nitrogens with zero attached hydrogens (tertiary/aromatic N) is 2. The number of fused-ring (bicyclic) bond motifs is 1. The van der Waals surface area contributed by atoms with E-state index in [-0.39, 0.29) is 5.91 Å². The van der Waals surface area contributed by atoms with E-state index in [2.05, 4.69) is 16.7 Å². The summed E-state index contributed by atoms with van der Waals surface area (Å²) in [5.74, 6) is 0.203. The van der Waals surface area contributed by atoms with Crippen LogP contribution < -0.4 is 0 Å². The van der Waals surface area contributed by atoms with E-state index in [4.69, 9.17) is 0 Å². The highest BCUT2D eigenvalue weighted by Crippen LogP contribution is 2.26. The van der Waals surface area contributed by atoms with Crippen molar-refractivity contribution in [1.29, 1.82) is 0 Å². The molecule has 0 spiro atoms. The third-order valence-electron chi connectivity index (χ3n) is 4.26. The van der Waals surface area contributed by atoms with Crippen molar-refractivity contribution >= 4 is 16.8 Å². The summed E-state index contributed by atoms with van der Waals surface area (Å²) in [6.07, 6.45) is 3.52. The highest BCUT2D eigenvalue weighted by molar-refractivity contribution is 6.08. The molecule has 3 nitrogen and oxygen atoms in total. The predicted octanol–water partition coefficient (Wildman–Crippen LogP) is 3.11. The maximum atomic E-state index is 12.8. The van der Waals surface area contributed by atoms with Crippen molar-refractivity contribution in [3.8, 4) is 0 Å². The minimum absolute atomic E-state index is 0.203.